The van der Waals surface area contributed by atoms with Crippen LogP contribution in [0.1, 0.15) is 26.7 Å². The van der Waals surface area contributed by atoms with Crippen molar-refractivity contribution >= 4 is 5.97 Å². The summed E-state index contributed by atoms with van der Waals surface area (Å²) in [4.78, 5) is 10.0. The molecule has 1 heterocycles. The van der Waals surface area contributed by atoms with E-state index in [2.05, 4.69) is 4.74 Å². The highest BCUT2D eigenvalue weighted by Crippen LogP contribution is 2.01. The molecule has 0 aromatic heterocycles. The van der Waals surface area contributed by atoms with Gasteiger partial charge in [0.1, 0.15) is 0 Å². The average Bonchev–Trinajstić information content (AvgIpc) is 2.12. The van der Waals surface area contributed by atoms with Crippen molar-refractivity contribution in [2.24, 2.45) is 0 Å². The fourth-order valence-corrected chi connectivity index (χ4v) is 0.475. The van der Waals surface area contributed by atoms with Gasteiger partial charge in [0.05, 0.1) is 6.61 Å². The van der Waals surface area contributed by atoms with Crippen LogP contribution in [0.25, 0.3) is 0 Å². The van der Waals surface area contributed by atoms with E-state index >= 15 is 0 Å². The lowest BCUT2D eigenvalue weighted by Crippen LogP contribution is -2.15. The summed E-state index contributed by atoms with van der Waals surface area (Å²) in [5, 5.41) is 16.2. The van der Waals surface area contributed by atoms with E-state index in [-0.39, 0.29) is 5.97 Å². The molecule has 4 nitrogen and oxygen atoms in total. The Morgan fingerprint density at radius 1 is 1.45 bits per heavy atom. The summed E-state index contributed by atoms with van der Waals surface area (Å²) >= 11 is 0. The van der Waals surface area contributed by atoms with Gasteiger partial charge < -0.3 is 14.9 Å². The van der Waals surface area contributed by atoms with Gasteiger partial charge in [0.2, 0.25) is 0 Å². The van der Waals surface area contributed by atoms with Crippen molar-refractivity contribution in [3.8, 4) is 0 Å². The number of aliphatic hydroxyl groups is 2. The van der Waals surface area contributed by atoms with Gasteiger partial charge in [-0.25, -0.2) is 0 Å². The summed E-state index contributed by atoms with van der Waals surface area (Å²) in [6.07, 6.45) is 1.54. The molecule has 0 unspecified atom stereocenters. The molecule has 0 atom stereocenters. The highest BCUT2D eigenvalue weighted by Gasteiger charge is 2.08. The van der Waals surface area contributed by atoms with Crippen molar-refractivity contribution in [3.05, 3.63) is 0 Å². The van der Waals surface area contributed by atoms with E-state index in [0.717, 1.165) is 6.42 Å². The SMILES string of the molecule is CC(C)(O)O.O=C1CCCO1. The molecule has 66 valence electrons. The number of rotatable bonds is 0. The van der Waals surface area contributed by atoms with Crippen LogP contribution in [0.2, 0.25) is 0 Å². The number of hydrogen-bond acceptors (Lipinski definition) is 4. The number of cyclic esters (lactones) is 1. The summed E-state index contributed by atoms with van der Waals surface area (Å²) in [5.41, 5.74) is 0. The number of esters is 1. The highest BCUT2D eigenvalue weighted by atomic mass is 16.5. The Labute approximate surface area is 65.8 Å². The zero-order chi connectivity index (χ0) is 8.91. The van der Waals surface area contributed by atoms with E-state index in [0.29, 0.717) is 13.0 Å². The predicted molar refractivity (Wildman–Crippen MR) is 38.7 cm³/mol. The first kappa shape index (κ1) is 10.4. The number of carbonyl (C=O) groups excluding carboxylic acids is 1. The smallest absolute Gasteiger partial charge is 0.305 e. The summed E-state index contributed by atoms with van der Waals surface area (Å²) in [6, 6.07) is 0. The monoisotopic (exact) mass is 162 g/mol. The van der Waals surface area contributed by atoms with E-state index in [9.17, 15) is 4.79 Å². The second kappa shape index (κ2) is 4.31. The third-order valence-electron chi connectivity index (χ3n) is 0.788. The van der Waals surface area contributed by atoms with Gasteiger partial charge in [0, 0.05) is 6.42 Å². The molecule has 1 aliphatic heterocycles. The molecule has 0 aromatic rings. The van der Waals surface area contributed by atoms with Gasteiger partial charge in [-0.2, -0.15) is 0 Å². The van der Waals surface area contributed by atoms with Gasteiger partial charge in [0.15, 0.2) is 5.79 Å². The molecule has 0 amide bonds. The van der Waals surface area contributed by atoms with Crippen LogP contribution in [-0.4, -0.2) is 28.6 Å². The molecule has 1 fully saturated rings. The summed E-state index contributed by atoms with van der Waals surface area (Å²) in [6.45, 7) is 3.23. The summed E-state index contributed by atoms with van der Waals surface area (Å²) in [7, 11) is 0. The predicted octanol–water partition coefficient (Wildman–Crippen LogP) is 0.0305. The van der Waals surface area contributed by atoms with E-state index in [1.165, 1.54) is 13.8 Å². The first-order valence-electron chi connectivity index (χ1n) is 3.50. The van der Waals surface area contributed by atoms with Gasteiger partial charge in [0.25, 0.3) is 0 Å². The normalized spacial score (nSPS) is 16.9. The minimum absolute atomic E-state index is 0.0463. The molecular weight excluding hydrogens is 148 g/mol. The van der Waals surface area contributed by atoms with E-state index < -0.39 is 5.79 Å². The molecule has 4 heteroatoms. The fraction of sp³-hybridized carbons (Fsp3) is 0.857. The lowest BCUT2D eigenvalue weighted by atomic mass is 10.4. The van der Waals surface area contributed by atoms with Crippen molar-refractivity contribution in [1.29, 1.82) is 0 Å². The summed E-state index contributed by atoms with van der Waals surface area (Å²) < 4.78 is 4.51. The Hall–Kier alpha value is -0.610. The topological polar surface area (TPSA) is 66.8 Å². The zero-order valence-electron chi connectivity index (χ0n) is 6.83. The molecule has 1 rings (SSSR count). The third kappa shape index (κ3) is 12.6. The van der Waals surface area contributed by atoms with Crippen molar-refractivity contribution in [1.82, 2.24) is 0 Å². The lowest BCUT2D eigenvalue weighted by Gasteiger charge is -2.03. The quantitative estimate of drug-likeness (QED) is 0.389. The largest absolute Gasteiger partial charge is 0.466 e. The number of carbonyl (C=O) groups is 1. The molecule has 0 aliphatic carbocycles. The van der Waals surface area contributed by atoms with Gasteiger partial charge in [-0.05, 0) is 20.3 Å². The fourth-order valence-electron chi connectivity index (χ4n) is 0.475. The third-order valence-corrected chi connectivity index (χ3v) is 0.788. The molecule has 11 heavy (non-hydrogen) atoms. The molecular formula is C7H14O4. The maximum absolute atomic E-state index is 10.0. The molecule has 0 spiro atoms. The number of ether oxygens (including phenoxy) is 1. The molecule has 0 bridgehead atoms. The molecule has 1 saturated heterocycles. The van der Waals surface area contributed by atoms with E-state index in [1.54, 1.807) is 0 Å². The van der Waals surface area contributed by atoms with Gasteiger partial charge in [-0.15, -0.1) is 0 Å². The van der Waals surface area contributed by atoms with Crippen molar-refractivity contribution < 1.29 is 19.7 Å². The maximum atomic E-state index is 10.0. The van der Waals surface area contributed by atoms with Crippen LogP contribution >= 0.6 is 0 Å². The van der Waals surface area contributed by atoms with Crippen LogP contribution in [0, 0.1) is 0 Å². The van der Waals surface area contributed by atoms with Crippen LogP contribution in [0.4, 0.5) is 0 Å². The van der Waals surface area contributed by atoms with Gasteiger partial charge >= 0.3 is 5.97 Å². The van der Waals surface area contributed by atoms with Gasteiger partial charge in [-0.3, -0.25) is 4.79 Å². The Kier molecular flexibility index (Phi) is 4.07. The maximum Gasteiger partial charge on any atom is 0.305 e. The van der Waals surface area contributed by atoms with Crippen molar-refractivity contribution in [2.45, 2.75) is 32.5 Å². The Morgan fingerprint density at radius 2 is 1.91 bits per heavy atom. The van der Waals surface area contributed by atoms with E-state index in [1.807, 2.05) is 0 Å². The van der Waals surface area contributed by atoms with Crippen LogP contribution in [0.3, 0.4) is 0 Å². The van der Waals surface area contributed by atoms with Gasteiger partial charge in [-0.1, -0.05) is 0 Å². The lowest BCUT2D eigenvalue weighted by molar-refractivity contribution is -0.138. The van der Waals surface area contributed by atoms with Crippen LogP contribution in [0.15, 0.2) is 0 Å². The molecule has 1 aliphatic rings. The minimum Gasteiger partial charge on any atom is -0.466 e. The average molecular weight is 162 g/mol. The molecule has 2 N–H and O–H groups in total. The molecule has 0 saturated carbocycles. The first-order chi connectivity index (χ1) is 4.89. The Bertz CT molecular complexity index is 111. The van der Waals surface area contributed by atoms with Crippen LogP contribution in [0.5, 0.6) is 0 Å². The standard InChI is InChI=1S/C4H6O2.C3H8O2/c5-4-2-1-3-6-4;1-3(2,4)5/h1-3H2;4-5H,1-2H3. The minimum atomic E-state index is -1.50. The summed E-state index contributed by atoms with van der Waals surface area (Å²) in [5.74, 6) is -1.55. The Balaban J connectivity index is 0.000000187. The van der Waals surface area contributed by atoms with Crippen LogP contribution < -0.4 is 0 Å². The van der Waals surface area contributed by atoms with Crippen LogP contribution in [-0.2, 0) is 9.53 Å². The van der Waals surface area contributed by atoms with Crippen molar-refractivity contribution in [3.63, 3.8) is 0 Å². The Morgan fingerprint density at radius 3 is 2.00 bits per heavy atom. The number of hydrogen-bond donors (Lipinski definition) is 2. The van der Waals surface area contributed by atoms with E-state index in [4.69, 9.17) is 10.2 Å². The van der Waals surface area contributed by atoms with Crippen molar-refractivity contribution in [2.75, 3.05) is 6.61 Å². The molecule has 0 radical (unpaired) electrons. The first-order valence-corrected chi connectivity index (χ1v) is 3.50. The second-order valence-electron chi connectivity index (χ2n) is 2.82. The highest BCUT2D eigenvalue weighted by molar-refractivity contribution is 5.70. The zero-order valence-corrected chi connectivity index (χ0v) is 6.83. The molecule has 0 aromatic carbocycles. The second-order valence-corrected chi connectivity index (χ2v) is 2.82.